The SMILES string of the molecule is O=C1NN=C(c2ccc3c(c2)CCC2(CCN(C4CCCC4)CC2)O3)C2CC12. The highest BCUT2D eigenvalue weighted by atomic mass is 16.5. The normalized spacial score (nSPS) is 31.6. The first-order valence-corrected chi connectivity index (χ1v) is 11.1. The molecule has 1 aromatic rings. The molecular formula is C23H29N3O2. The average molecular weight is 380 g/mol. The van der Waals surface area contributed by atoms with Gasteiger partial charge in [-0.2, -0.15) is 5.10 Å². The Kier molecular flexibility index (Phi) is 3.84. The first-order valence-electron chi connectivity index (χ1n) is 11.1. The molecule has 1 saturated heterocycles. The van der Waals surface area contributed by atoms with Crippen LogP contribution in [0.2, 0.25) is 0 Å². The number of ether oxygens (including phenoxy) is 1. The Morgan fingerprint density at radius 3 is 2.75 bits per heavy atom. The number of amides is 1. The molecular weight excluding hydrogens is 350 g/mol. The maximum absolute atomic E-state index is 11.7. The first kappa shape index (κ1) is 17.0. The average Bonchev–Trinajstić information content (AvgIpc) is 3.35. The second-order valence-corrected chi connectivity index (χ2v) is 9.50. The molecule has 2 aliphatic carbocycles. The maximum Gasteiger partial charge on any atom is 0.243 e. The summed E-state index contributed by atoms with van der Waals surface area (Å²) in [5.41, 5.74) is 6.24. The van der Waals surface area contributed by atoms with Crippen molar-refractivity contribution in [3.05, 3.63) is 29.3 Å². The molecule has 1 spiro atoms. The smallest absolute Gasteiger partial charge is 0.243 e. The summed E-state index contributed by atoms with van der Waals surface area (Å²) in [6.07, 6.45) is 11.1. The van der Waals surface area contributed by atoms with Crippen LogP contribution in [0.4, 0.5) is 0 Å². The van der Waals surface area contributed by atoms with Crippen LogP contribution in [0.25, 0.3) is 0 Å². The fourth-order valence-electron chi connectivity index (χ4n) is 5.95. The molecule has 1 amide bonds. The molecule has 2 saturated carbocycles. The zero-order chi connectivity index (χ0) is 18.7. The number of nitrogens with one attached hydrogen (secondary N) is 1. The lowest BCUT2D eigenvalue weighted by atomic mass is 9.82. The van der Waals surface area contributed by atoms with E-state index < -0.39 is 0 Å². The zero-order valence-electron chi connectivity index (χ0n) is 16.5. The molecule has 5 nitrogen and oxygen atoms in total. The van der Waals surface area contributed by atoms with E-state index in [0.29, 0.717) is 5.92 Å². The van der Waals surface area contributed by atoms with Gasteiger partial charge in [-0.3, -0.25) is 4.79 Å². The number of fused-ring (bicyclic) bond motifs is 2. The van der Waals surface area contributed by atoms with E-state index in [2.05, 4.69) is 33.6 Å². The second kappa shape index (κ2) is 6.31. The van der Waals surface area contributed by atoms with E-state index in [1.54, 1.807) is 0 Å². The number of piperidine rings is 1. The molecule has 1 aromatic carbocycles. The van der Waals surface area contributed by atoms with Gasteiger partial charge in [0.15, 0.2) is 0 Å². The fourth-order valence-corrected chi connectivity index (χ4v) is 5.95. The molecule has 2 unspecified atom stereocenters. The quantitative estimate of drug-likeness (QED) is 0.858. The predicted molar refractivity (Wildman–Crippen MR) is 107 cm³/mol. The standard InChI is InChI=1S/C23H29N3O2/c27-22-19-14-18(19)21(24-25-22)16-5-6-20-15(13-16)7-8-23(28-20)9-11-26(12-10-23)17-3-1-2-4-17/h5-6,13,17-19H,1-4,7-12,14H2,(H,25,27). The summed E-state index contributed by atoms with van der Waals surface area (Å²) in [6.45, 7) is 2.38. The third-order valence-electron chi connectivity index (χ3n) is 7.85. The minimum atomic E-state index is 0.0432. The Balaban J connectivity index is 1.17. The molecule has 2 atom stereocenters. The summed E-state index contributed by atoms with van der Waals surface area (Å²) >= 11 is 0. The van der Waals surface area contributed by atoms with Crippen molar-refractivity contribution in [3.8, 4) is 5.75 Å². The van der Waals surface area contributed by atoms with Crippen molar-refractivity contribution < 1.29 is 9.53 Å². The van der Waals surface area contributed by atoms with Crippen LogP contribution in [-0.4, -0.2) is 41.3 Å². The first-order chi connectivity index (χ1) is 13.7. The predicted octanol–water partition coefficient (Wildman–Crippen LogP) is 3.26. The fraction of sp³-hybridized carbons (Fsp3) is 0.652. The lowest BCUT2D eigenvalue weighted by Crippen LogP contribution is -2.51. The van der Waals surface area contributed by atoms with Crippen LogP contribution >= 0.6 is 0 Å². The number of rotatable bonds is 2. The van der Waals surface area contributed by atoms with E-state index in [-0.39, 0.29) is 17.4 Å². The van der Waals surface area contributed by atoms with Crippen molar-refractivity contribution in [3.63, 3.8) is 0 Å². The molecule has 3 aliphatic heterocycles. The summed E-state index contributed by atoms with van der Waals surface area (Å²) in [5.74, 6) is 1.62. The molecule has 148 valence electrons. The van der Waals surface area contributed by atoms with Gasteiger partial charge in [-0.1, -0.05) is 12.8 Å². The molecule has 3 heterocycles. The van der Waals surface area contributed by atoms with Gasteiger partial charge in [0.2, 0.25) is 5.91 Å². The number of nitrogens with zero attached hydrogens (tertiary/aromatic N) is 2. The minimum Gasteiger partial charge on any atom is -0.487 e. The number of hydrazone groups is 1. The van der Waals surface area contributed by atoms with Crippen molar-refractivity contribution in [2.75, 3.05) is 13.1 Å². The van der Waals surface area contributed by atoms with Crippen LogP contribution in [0.1, 0.15) is 62.5 Å². The highest BCUT2D eigenvalue weighted by molar-refractivity contribution is 6.09. The number of carbonyl (C=O) groups excluding carboxylic acids is 1. The van der Waals surface area contributed by atoms with E-state index in [1.165, 1.54) is 44.3 Å². The van der Waals surface area contributed by atoms with E-state index in [1.807, 2.05) is 0 Å². The molecule has 1 N–H and O–H groups in total. The lowest BCUT2D eigenvalue weighted by Gasteiger charge is -2.46. The monoisotopic (exact) mass is 379 g/mol. The van der Waals surface area contributed by atoms with Crippen LogP contribution in [0.15, 0.2) is 23.3 Å². The number of benzene rings is 1. The highest BCUT2D eigenvalue weighted by Gasteiger charge is 2.49. The van der Waals surface area contributed by atoms with Gasteiger partial charge < -0.3 is 9.64 Å². The van der Waals surface area contributed by atoms with Gasteiger partial charge in [0, 0.05) is 31.0 Å². The van der Waals surface area contributed by atoms with Crippen molar-refractivity contribution in [2.45, 2.75) is 69.4 Å². The number of hydrogen-bond acceptors (Lipinski definition) is 4. The summed E-state index contributed by atoms with van der Waals surface area (Å²) in [5, 5.41) is 4.35. The molecule has 0 bridgehead atoms. The van der Waals surface area contributed by atoms with Crippen LogP contribution in [0, 0.1) is 11.8 Å². The number of aryl methyl sites for hydroxylation is 1. The van der Waals surface area contributed by atoms with E-state index >= 15 is 0 Å². The number of likely N-dealkylation sites (tertiary alicyclic amines) is 1. The molecule has 6 rings (SSSR count). The Morgan fingerprint density at radius 2 is 1.93 bits per heavy atom. The van der Waals surface area contributed by atoms with Gasteiger partial charge in [0.25, 0.3) is 0 Å². The molecule has 3 fully saturated rings. The largest absolute Gasteiger partial charge is 0.487 e. The van der Waals surface area contributed by atoms with Crippen molar-refractivity contribution in [1.29, 1.82) is 0 Å². The minimum absolute atomic E-state index is 0.0432. The van der Waals surface area contributed by atoms with Crippen molar-refractivity contribution >= 4 is 11.6 Å². The summed E-state index contributed by atoms with van der Waals surface area (Å²) in [6, 6.07) is 7.36. The van der Waals surface area contributed by atoms with E-state index in [9.17, 15) is 4.79 Å². The van der Waals surface area contributed by atoms with Crippen molar-refractivity contribution in [1.82, 2.24) is 10.3 Å². The van der Waals surface area contributed by atoms with Gasteiger partial charge in [-0.05, 0) is 74.3 Å². The van der Waals surface area contributed by atoms with E-state index in [0.717, 1.165) is 55.2 Å². The Labute approximate surface area is 166 Å². The summed E-state index contributed by atoms with van der Waals surface area (Å²) in [7, 11) is 0. The topological polar surface area (TPSA) is 53.9 Å². The lowest BCUT2D eigenvalue weighted by molar-refractivity contribution is -0.122. The van der Waals surface area contributed by atoms with E-state index in [4.69, 9.17) is 4.74 Å². The van der Waals surface area contributed by atoms with Gasteiger partial charge in [0.1, 0.15) is 11.4 Å². The van der Waals surface area contributed by atoms with Gasteiger partial charge in [-0.15, -0.1) is 0 Å². The molecule has 0 aromatic heterocycles. The third kappa shape index (κ3) is 2.78. The number of carbonyl (C=O) groups is 1. The van der Waals surface area contributed by atoms with Gasteiger partial charge in [-0.25, -0.2) is 5.43 Å². The maximum atomic E-state index is 11.7. The van der Waals surface area contributed by atoms with Crippen LogP contribution in [0.5, 0.6) is 5.75 Å². The zero-order valence-corrected chi connectivity index (χ0v) is 16.5. The van der Waals surface area contributed by atoms with Crippen molar-refractivity contribution in [2.24, 2.45) is 16.9 Å². The molecule has 0 radical (unpaired) electrons. The third-order valence-corrected chi connectivity index (χ3v) is 7.85. The van der Waals surface area contributed by atoms with Crippen LogP contribution in [-0.2, 0) is 11.2 Å². The highest BCUT2D eigenvalue weighted by Crippen LogP contribution is 2.45. The second-order valence-electron chi connectivity index (χ2n) is 9.50. The van der Waals surface area contributed by atoms with Crippen LogP contribution < -0.4 is 10.2 Å². The molecule has 28 heavy (non-hydrogen) atoms. The van der Waals surface area contributed by atoms with Gasteiger partial charge in [0.05, 0.1) is 5.71 Å². The van der Waals surface area contributed by atoms with Gasteiger partial charge >= 0.3 is 0 Å². The Morgan fingerprint density at radius 1 is 1.11 bits per heavy atom. The summed E-state index contributed by atoms with van der Waals surface area (Å²) < 4.78 is 6.63. The Hall–Kier alpha value is -1.88. The molecule has 5 aliphatic rings. The summed E-state index contributed by atoms with van der Waals surface area (Å²) in [4.78, 5) is 14.4. The number of hydrogen-bond donors (Lipinski definition) is 1. The van der Waals surface area contributed by atoms with Crippen LogP contribution in [0.3, 0.4) is 0 Å². The Bertz CT molecular complexity index is 834. The molecule has 5 heteroatoms.